The first-order valence-electron chi connectivity index (χ1n) is 7.13. The lowest BCUT2D eigenvalue weighted by Gasteiger charge is -2.33. The third-order valence-electron chi connectivity index (χ3n) is 3.88. The zero-order valence-electron chi connectivity index (χ0n) is 11.9. The lowest BCUT2D eigenvalue weighted by atomic mass is 9.79. The summed E-state index contributed by atoms with van der Waals surface area (Å²) in [6.07, 6.45) is 3.83. The molecule has 0 aliphatic heterocycles. The van der Waals surface area contributed by atoms with E-state index < -0.39 is 0 Å². The van der Waals surface area contributed by atoms with Gasteiger partial charge in [-0.05, 0) is 44.9 Å². The average Bonchev–Trinajstić information content (AvgIpc) is 2.31. The zero-order chi connectivity index (χ0) is 12.7. The second kappa shape index (κ2) is 8.06. The molecule has 1 saturated carbocycles. The lowest BCUT2D eigenvalue weighted by Crippen LogP contribution is -2.41. The van der Waals surface area contributed by atoms with E-state index in [1.54, 1.807) is 0 Å². The summed E-state index contributed by atoms with van der Waals surface area (Å²) in [6.45, 7) is 11.0. The molecule has 3 atom stereocenters. The van der Waals surface area contributed by atoms with E-state index in [9.17, 15) is 0 Å². The molecule has 1 aliphatic rings. The van der Waals surface area contributed by atoms with Crippen LogP contribution in [0.5, 0.6) is 0 Å². The molecule has 0 aromatic heterocycles. The van der Waals surface area contributed by atoms with Crippen LogP contribution < -0.4 is 5.32 Å². The number of ether oxygens (including phenoxy) is 2. The van der Waals surface area contributed by atoms with E-state index in [0.29, 0.717) is 19.3 Å². The van der Waals surface area contributed by atoms with E-state index in [1.165, 1.54) is 19.3 Å². The summed E-state index contributed by atoms with van der Waals surface area (Å²) in [4.78, 5) is 0. The summed E-state index contributed by atoms with van der Waals surface area (Å²) in [6, 6.07) is 0.643. The van der Waals surface area contributed by atoms with Crippen molar-refractivity contribution in [2.75, 3.05) is 19.8 Å². The van der Waals surface area contributed by atoms with Crippen molar-refractivity contribution in [2.24, 2.45) is 11.8 Å². The third-order valence-corrected chi connectivity index (χ3v) is 3.88. The standard InChI is InChI=1S/C14H29NO2/c1-5-16-14(17-6-2)10-15-13-8-7-11(3)12(4)9-13/h11-15H,5-10H2,1-4H3. The van der Waals surface area contributed by atoms with Crippen molar-refractivity contribution < 1.29 is 9.47 Å². The molecule has 0 bridgehead atoms. The highest BCUT2D eigenvalue weighted by Crippen LogP contribution is 2.29. The summed E-state index contributed by atoms with van der Waals surface area (Å²) in [5, 5.41) is 3.59. The van der Waals surface area contributed by atoms with Crippen molar-refractivity contribution in [1.29, 1.82) is 0 Å². The smallest absolute Gasteiger partial charge is 0.169 e. The highest BCUT2D eigenvalue weighted by atomic mass is 16.7. The van der Waals surface area contributed by atoms with Crippen LogP contribution in [0, 0.1) is 11.8 Å². The summed E-state index contributed by atoms with van der Waals surface area (Å²) in [5.41, 5.74) is 0. The van der Waals surface area contributed by atoms with Gasteiger partial charge in [0.1, 0.15) is 0 Å². The molecule has 0 saturated heterocycles. The molecule has 0 spiro atoms. The van der Waals surface area contributed by atoms with Gasteiger partial charge in [-0.3, -0.25) is 0 Å². The quantitative estimate of drug-likeness (QED) is 0.697. The van der Waals surface area contributed by atoms with Gasteiger partial charge in [0, 0.05) is 25.8 Å². The molecule has 102 valence electrons. The summed E-state index contributed by atoms with van der Waals surface area (Å²) >= 11 is 0. The summed E-state index contributed by atoms with van der Waals surface area (Å²) in [7, 11) is 0. The largest absolute Gasteiger partial charge is 0.352 e. The molecule has 0 aromatic rings. The van der Waals surface area contributed by atoms with Crippen LogP contribution in [0.25, 0.3) is 0 Å². The maximum absolute atomic E-state index is 5.54. The van der Waals surface area contributed by atoms with E-state index in [1.807, 2.05) is 13.8 Å². The van der Waals surface area contributed by atoms with Crippen molar-refractivity contribution in [3.63, 3.8) is 0 Å². The zero-order valence-corrected chi connectivity index (χ0v) is 11.9. The summed E-state index contributed by atoms with van der Waals surface area (Å²) in [5.74, 6) is 1.71. The molecule has 1 N–H and O–H groups in total. The first-order valence-corrected chi connectivity index (χ1v) is 7.13. The van der Waals surface area contributed by atoms with E-state index in [0.717, 1.165) is 18.4 Å². The van der Waals surface area contributed by atoms with Gasteiger partial charge in [-0.15, -0.1) is 0 Å². The predicted molar refractivity (Wildman–Crippen MR) is 71.0 cm³/mol. The molecule has 0 heterocycles. The predicted octanol–water partition coefficient (Wildman–Crippen LogP) is 2.80. The minimum Gasteiger partial charge on any atom is -0.352 e. The van der Waals surface area contributed by atoms with Gasteiger partial charge in [0.2, 0.25) is 0 Å². The van der Waals surface area contributed by atoms with Crippen LogP contribution in [-0.4, -0.2) is 32.1 Å². The van der Waals surface area contributed by atoms with Crippen molar-refractivity contribution in [2.45, 2.75) is 59.3 Å². The van der Waals surface area contributed by atoms with Gasteiger partial charge in [0.05, 0.1) is 0 Å². The topological polar surface area (TPSA) is 30.5 Å². The Labute approximate surface area is 106 Å². The molecular weight excluding hydrogens is 214 g/mol. The van der Waals surface area contributed by atoms with E-state index in [2.05, 4.69) is 19.2 Å². The van der Waals surface area contributed by atoms with Crippen molar-refractivity contribution in [1.82, 2.24) is 5.32 Å². The van der Waals surface area contributed by atoms with Crippen molar-refractivity contribution in [3.8, 4) is 0 Å². The van der Waals surface area contributed by atoms with Crippen LogP contribution in [0.15, 0.2) is 0 Å². The average molecular weight is 243 g/mol. The van der Waals surface area contributed by atoms with Crippen molar-refractivity contribution >= 4 is 0 Å². The molecule has 3 unspecified atom stereocenters. The highest BCUT2D eigenvalue weighted by molar-refractivity contribution is 4.79. The normalized spacial score (nSPS) is 29.8. The molecule has 1 rings (SSSR count). The fourth-order valence-electron chi connectivity index (χ4n) is 2.53. The van der Waals surface area contributed by atoms with Crippen LogP contribution >= 0.6 is 0 Å². The molecule has 1 aliphatic carbocycles. The van der Waals surface area contributed by atoms with E-state index >= 15 is 0 Å². The third kappa shape index (κ3) is 5.36. The number of nitrogens with one attached hydrogen (secondary N) is 1. The van der Waals surface area contributed by atoms with Gasteiger partial charge in [0.25, 0.3) is 0 Å². The molecule has 0 amide bonds. The first kappa shape index (κ1) is 14.9. The van der Waals surface area contributed by atoms with Crippen LogP contribution in [0.2, 0.25) is 0 Å². The summed E-state index contributed by atoms with van der Waals surface area (Å²) < 4.78 is 11.1. The van der Waals surface area contributed by atoms with Gasteiger partial charge in [0.15, 0.2) is 6.29 Å². The molecule has 0 aromatic carbocycles. The van der Waals surface area contributed by atoms with Crippen LogP contribution in [0.1, 0.15) is 47.0 Å². The van der Waals surface area contributed by atoms with Gasteiger partial charge in [-0.1, -0.05) is 13.8 Å². The molecular formula is C14H29NO2. The monoisotopic (exact) mass is 243 g/mol. The Morgan fingerprint density at radius 1 is 1.06 bits per heavy atom. The fraction of sp³-hybridized carbons (Fsp3) is 1.00. The van der Waals surface area contributed by atoms with E-state index in [4.69, 9.17) is 9.47 Å². The second-order valence-electron chi connectivity index (χ2n) is 5.21. The Bertz CT molecular complexity index is 193. The number of hydrogen-bond donors (Lipinski definition) is 1. The number of hydrogen-bond acceptors (Lipinski definition) is 3. The lowest BCUT2D eigenvalue weighted by molar-refractivity contribution is -0.134. The van der Waals surface area contributed by atoms with E-state index in [-0.39, 0.29) is 6.29 Å². The van der Waals surface area contributed by atoms with Crippen LogP contribution in [0.4, 0.5) is 0 Å². The molecule has 0 radical (unpaired) electrons. The van der Waals surface area contributed by atoms with Gasteiger partial charge >= 0.3 is 0 Å². The Kier molecular flexibility index (Phi) is 7.09. The minimum atomic E-state index is -0.0837. The minimum absolute atomic E-state index is 0.0837. The Morgan fingerprint density at radius 3 is 2.24 bits per heavy atom. The fourth-order valence-corrected chi connectivity index (χ4v) is 2.53. The van der Waals surface area contributed by atoms with Gasteiger partial charge < -0.3 is 14.8 Å². The van der Waals surface area contributed by atoms with Gasteiger partial charge in [-0.25, -0.2) is 0 Å². The van der Waals surface area contributed by atoms with Crippen molar-refractivity contribution in [3.05, 3.63) is 0 Å². The maximum Gasteiger partial charge on any atom is 0.169 e. The maximum atomic E-state index is 5.54. The van der Waals surface area contributed by atoms with Crippen LogP contribution in [-0.2, 0) is 9.47 Å². The Hall–Kier alpha value is -0.120. The van der Waals surface area contributed by atoms with Crippen LogP contribution in [0.3, 0.4) is 0 Å². The Balaban J connectivity index is 2.24. The van der Waals surface area contributed by atoms with Gasteiger partial charge in [-0.2, -0.15) is 0 Å². The second-order valence-corrected chi connectivity index (χ2v) is 5.21. The highest BCUT2D eigenvalue weighted by Gasteiger charge is 2.24. The first-order chi connectivity index (χ1) is 8.17. The molecule has 3 heteroatoms. The molecule has 1 fully saturated rings. The molecule has 3 nitrogen and oxygen atoms in total. The Morgan fingerprint density at radius 2 is 1.71 bits per heavy atom. The number of rotatable bonds is 7. The SMILES string of the molecule is CCOC(CNC1CCC(C)C(C)C1)OCC. The molecule has 17 heavy (non-hydrogen) atoms.